The lowest BCUT2D eigenvalue weighted by atomic mass is 9.66. The van der Waals surface area contributed by atoms with E-state index in [1.807, 2.05) is 13.8 Å². The van der Waals surface area contributed by atoms with Gasteiger partial charge in [0.2, 0.25) is 0 Å². The number of nitrogens with zero attached hydrogens (tertiary/aromatic N) is 1. The normalized spacial score (nSPS) is 22.2. The van der Waals surface area contributed by atoms with Crippen molar-refractivity contribution in [3.63, 3.8) is 0 Å². The van der Waals surface area contributed by atoms with E-state index in [0.29, 0.717) is 10.8 Å². The van der Waals surface area contributed by atoms with Gasteiger partial charge in [0.05, 0.1) is 0 Å². The maximum absolute atomic E-state index is 2.65. The smallest absolute Gasteiger partial charge is 0.00379 e. The molecule has 0 N–H and O–H groups in total. The van der Waals surface area contributed by atoms with Crippen molar-refractivity contribution in [2.75, 3.05) is 19.6 Å². The van der Waals surface area contributed by atoms with Crippen molar-refractivity contribution in [2.24, 2.45) is 16.7 Å². The molecule has 1 aliphatic heterocycles. The van der Waals surface area contributed by atoms with Gasteiger partial charge in [0, 0.05) is 13.1 Å². The molecule has 1 nitrogen and oxygen atoms in total. The predicted molar refractivity (Wildman–Crippen MR) is 79.4 cm³/mol. The van der Waals surface area contributed by atoms with E-state index in [1.54, 1.807) is 0 Å². The van der Waals surface area contributed by atoms with Crippen LogP contribution in [0.25, 0.3) is 0 Å². The summed E-state index contributed by atoms with van der Waals surface area (Å²) >= 11 is 0. The van der Waals surface area contributed by atoms with E-state index in [9.17, 15) is 0 Å². The summed E-state index contributed by atoms with van der Waals surface area (Å²) in [4.78, 5) is 2.65. The molecule has 0 bridgehead atoms. The minimum atomic E-state index is 0.422. The van der Waals surface area contributed by atoms with Gasteiger partial charge >= 0.3 is 0 Å². The van der Waals surface area contributed by atoms with Crippen molar-refractivity contribution in [1.82, 2.24) is 4.90 Å². The molecule has 1 rings (SSSR count). The Hall–Kier alpha value is -0.0400. The first-order chi connectivity index (χ1) is 7.78. The molecule has 1 fully saturated rings. The van der Waals surface area contributed by atoms with Crippen LogP contribution in [0.1, 0.15) is 68.2 Å². The molecule has 104 valence electrons. The second kappa shape index (κ2) is 6.78. The zero-order valence-corrected chi connectivity index (χ0v) is 13.6. The zero-order chi connectivity index (χ0) is 13.7. The summed E-state index contributed by atoms with van der Waals surface area (Å²) in [7, 11) is 0. The Morgan fingerprint density at radius 2 is 1.59 bits per heavy atom. The molecule has 17 heavy (non-hydrogen) atoms. The van der Waals surface area contributed by atoms with Gasteiger partial charge in [-0.15, -0.1) is 0 Å². The summed E-state index contributed by atoms with van der Waals surface area (Å²) in [6.45, 7) is 22.2. The van der Waals surface area contributed by atoms with Crippen molar-refractivity contribution < 1.29 is 0 Å². The fourth-order valence-corrected chi connectivity index (χ4v) is 2.42. The highest BCUT2D eigenvalue weighted by molar-refractivity contribution is 4.89. The number of likely N-dealkylation sites (tertiary alicyclic amines) is 1. The molecule has 1 heteroatoms. The molecule has 1 heterocycles. The first-order valence-electron chi connectivity index (χ1n) is 7.51. The van der Waals surface area contributed by atoms with Gasteiger partial charge in [-0.1, -0.05) is 61.8 Å². The average Bonchev–Trinajstić information content (AvgIpc) is 2.66. The maximum Gasteiger partial charge on any atom is 0.00379 e. The molecule has 0 saturated carbocycles. The molecule has 0 aromatic rings. The van der Waals surface area contributed by atoms with E-state index in [-0.39, 0.29) is 0 Å². The molecular formula is C16H35N. The topological polar surface area (TPSA) is 3.24 Å². The van der Waals surface area contributed by atoms with Crippen LogP contribution in [-0.4, -0.2) is 24.5 Å². The van der Waals surface area contributed by atoms with Crippen molar-refractivity contribution in [2.45, 2.75) is 68.2 Å². The van der Waals surface area contributed by atoms with Gasteiger partial charge in [-0.25, -0.2) is 0 Å². The van der Waals surface area contributed by atoms with Gasteiger partial charge in [-0.3, -0.25) is 0 Å². The lowest BCUT2D eigenvalue weighted by molar-refractivity contribution is 0.0608. The van der Waals surface area contributed by atoms with Gasteiger partial charge in [0.25, 0.3) is 0 Å². The van der Waals surface area contributed by atoms with Gasteiger partial charge in [-0.2, -0.15) is 0 Å². The Balaban J connectivity index is 0.00000121. The molecule has 1 saturated heterocycles. The van der Waals surface area contributed by atoms with Gasteiger partial charge in [0.15, 0.2) is 0 Å². The van der Waals surface area contributed by atoms with Crippen molar-refractivity contribution in [1.29, 1.82) is 0 Å². The van der Waals surface area contributed by atoms with Crippen LogP contribution >= 0.6 is 0 Å². The number of hydrogen-bond donors (Lipinski definition) is 0. The monoisotopic (exact) mass is 241 g/mol. The van der Waals surface area contributed by atoms with E-state index in [4.69, 9.17) is 0 Å². The lowest BCUT2D eigenvalue weighted by Gasteiger charge is -2.43. The minimum Gasteiger partial charge on any atom is -0.303 e. The second-order valence-corrected chi connectivity index (χ2v) is 6.75. The maximum atomic E-state index is 2.65. The third-order valence-electron chi connectivity index (χ3n) is 4.84. The molecule has 1 aliphatic rings. The zero-order valence-electron chi connectivity index (χ0n) is 13.6. The van der Waals surface area contributed by atoms with Crippen LogP contribution < -0.4 is 0 Å². The van der Waals surface area contributed by atoms with Gasteiger partial charge in [-0.05, 0) is 29.7 Å². The summed E-state index contributed by atoms with van der Waals surface area (Å²) in [5.74, 6) is 0.908. The van der Waals surface area contributed by atoms with Crippen LogP contribution in [-0.2, 0) is 0 Å². The van der Waals surface area contributed by atoms with Crippen LogP contribution in [0.5, 0.6) is 0 Å². The Labute approximate surface area is 110 Å². The quantitative estimate of drug-likeness (QED) is 0.682. The molecular weight excluding hydrogens is 206 g/mol. The van der Waals surface area contributed by atoms with E-state index in [1.165, 1.54) is 32.5 Å². The molecule has 0 aromatic heterocycles. The van der Waals surface area contributed by atoms with Gasteiger partial charge in [0.1, 0.15) is 0 Å². The third-order valence-corrected chi connectivity index (χ3v) is 4.84. The summed E-state index contributed by atoms with van der Waals surface area (Å²) < 4.78 is 0. The van der Waals surface area contributed by atoms with Crippen molar-refractivity contribution >= 4 is 0 Å². The highest BCUT2D eigenvalue weighted by Crippen LogP contribution is 2.42. The first-order valence-corrected chi connectivity index (χ1v) is 7.51. The molecule has 0 spiro atoms. The summed E-state index contributed by atoms with van der Waals surface area (Å²) in [5, 5.41) is 0. The van der Waals surface area contributed by atoms with Gasteiger partial charge < -0.3 is 4.90 Å². The minimum absolute atomic E-state index is 0.422. The first kappa shape index (κ1) is 17.0. The van der Waals surface area contributed by atoms with Crippen molar-refractivity contribution in [3.8, 4) is 0 Å². The van der Waals surface area contributed by atoms with E-state index in [0.717, 1.165) is 5.92 Å². The number of hydrogen-bond acceptors (Lipinski definition) is 1. The Morgan fingerprint density at radius 1 is 1.06 bits per heavy atom. The fourth-order valence-electron chi connectivity index (χ4n) is 2.42. The van der Waals surface area contributed by atoms with E-state index < -0.39 is 0 Å². The lowest BCUT2D eigenvalue weighted by Crippen LogP contribution is -2.42. The second-order valence-electron chi connectivity index (χ2n) is 6.75. The van der Waals surface area contributed by atoms with Crippen LogP contribution in [0, 0.1) is 16.7 Å². The summed E-state index contributed by atoms with van der Waals surface area (Å²) in [6, 6.07) is 0. The number of rotatable bonds is 4. The molecule has 0 aliphatic carbocycles. The highest BCUT2D eigenvalue weighted by atomic mass is 15.1. The van der Waals surface area contributed by atoms with Crippen LogP contribution in [0.4, 0.5) is 0 Å². The van der Waals surface area contributed by atoms with E-state index >= 15 is 0 Å². The average molecular weight is 241 g/mol. The Kier molecular flexibility index (Phi) is 6.76. The molecule has 1 atom stereocenters. The SMILES string of the molecule is CC.CCC(C)(C)C(C)(C)CN1CC[C@H](C)C1. The largest absolute Gasteiger partial charge is 0.303 e. The third kappa shape index (κ3) is 4.62. The summed E-state index contributed by atoms with van der Waals surface area (Å²) in [5.41, 5.74) is 0.866. The summed E-state index contributed by atoms with van der Waals surface area (Å²) in [6.07, 6.45) is 2.66. The Morgan fingerprint density at radius 3 is 1.94 bits per heavy atom. The molecule has 0 radical (unpaired) electrons. The van der Waals surface area contributed by atoms with E-state index in [2.05, 4.69) is 46.4 Å². The fraction of sp³-hybridized carbons (Fsp3) is 1.00. The van der Waals surface area contributed by atoms with Crippen LogP contribution in [0.3, 0.4) is 0 Å². The molecule has 0 amide bonds. The molecule has 0 aromatic carbocycles. The Bertz CT molecular complexity index is 206. The standard InChI is InChI=1S/C14H29N.C2H6/c1-7-13(3,4)14(5,6)11-15-9-8-12(2)10-15;1-2/h12H,7-11H2,1-6H3;1-2H3/t12-;/m0./s1. The van der Waals surface area contributed by atoms with Crippen LogP contribution in [0.2, 0.25) is 0 Å². The van der Waals surface area contributed by atoms with Crippen LogP contribution in [0.15, 0.2) is 0 Å². The molecule has 0 unspecified atom stereocenters. The predicted octanol–water partition coefficient (Wildman–Crippen LogP) is 4.82. The highest BCUT2D eigenvalue weighted by Gasteiger charge is 2.37. The van der Waals surface area contributed by atoms with Crippen molar-refractivity contribution in [3.05, 3.63) is 0 Å².